The minimum Gasteiger partial charge on any atom is -0.396 e. The second kappa shape index (κ2) is 13.9. The van der Waals surface area contributed by atoms with Crippen molar-refractivity contribution in [1.82, 2.24) is 4.90 Å². The van der Waals surface area contributed by atoms with Crippen LogP contribution in [-0.4, -0.2) is 34.4 Å². The molecule has 0 amide bonds. The quantitative estimate of drug-likeness (QED) is 0.391. The normalized spacial score (nSPS) is 17.1. The van der Waals surface area contributed by atoms with Gasteiger partial charge in [-0.3, -0.25) is 0 Å². The minimum atomic E-state index is -0.0906. The Balaban J connectivity index is 2.27. The third-order valence-corrected chi connectivity index (χ3v) is 6.14. The number of benzene rings is 1. The van der Waals surface area contributed by atoms with Gasteiger partial charge in [-0.1, -0.05) is 69.6 Å². The van der Waals surface area contributed by atoms with Crippen molar-refractivity contribution in [2.75, 3.05) is 13.2 Å². The zero-order valence-electron chi connectivity index (χ0n) is 20.8. The molecule has 1 aliphatic carbocycles. The lowest BCUT2D eigenvalue weighted by Crippen LogP contribution is -2.29. The SMILES string of the molecule is C=C(CC)N(/C=C\C)C1CCC=C1/C=C(/c1ccc(C#CC(CO)CCCO)cc1)C(C)C. The topological polar surface area (TPSA) is 43.7 Å². The van der Waals surface area contributed by atoms with E-state index in [0.717, 1.165) is 30.5 Å². The molecule has 0 aromatic heterocycles. The van der Waals surface area contributed by atoms with Crippen molar-refractivity contribution in [3.05, 3.63) is 77.7 Å². The van der Waals surface area contributed by atoms with Gasteiger partial charge >= 0.3 is 0 Å². The van der Waals surface area contributed by atoms with Crippen LogP contribution in [0.2, 0.25) is 0 Å². The Morgan fingerprint density at radius 3 is 2.55 bits per heavy atom. The molecule has 178 valence electrons. The van der Waals surface area contributed by atoms with Crippen molar-refractivity contribution in [2.24, 2.45) is 11.8 Å². The van der Waals surface area contributed by atoms with E-state index in [9.17, 15) is 5.11 Å². The highest BCUT2D eigenvalue weighted by Crippen LogP contribution is 2.33. The monoisotopic (exact) mass is 447 g/mol. The summed E-state index contributed by atoms with van der Waals surface area (Å²) in [5.41, 5.74) is 6.00. The molecule has 0 bridgehead atoms. The van der Waals surface area contributed by atoms with Crippen molar-refractivity contribution in [3.8, 4) is 11.8 Å². The van der Waals surface area contributed by atoms with Crippen LogP contribution >= 0.6 is 0 Å². The van der Waals surface area contributed by atoms with Crippen LogP contribution in [0.5, 0.6) is 0 Å². The molecule has 1 aromatic rings. The lowest BCUT2D eigenvalue weighted by atomic mass is 9.91. The number of hydrogen-bond donors (Lipinski definition) is 2. The zero-order chi connectivity index (χ0) is 24.2. The van der Waals surface area contributed by atoms with Gasteiger partial charge < -0.3 is 15.1 Å². The first-order valence-corrected chi connectivity index (χ1v) is 12.3. The Kier molecular flexibility index (Phi) is 11.2. The summed E-state index contributed by atoms with van der Waals surface area (Å²) >= 11 is 0. The first-order valence-electron chi connectivity index (χ1n) is 12.3. The van der Waals surface area contributed by atoms with E-state index in [1.807, 2.05) is 0 Å². The largest absolute Gasteiger partial charge is 0.396 e. The fourth-order valence-corrected chi connectivity index (χ4v) is 4.18. The lowest BCUT2D eigenvalue weighted by Gasteiger charge is -2.31. The average Bonchev–Trinajstić information content (AvgIpc) is 3.28. The Hall–Kier alpha value is -2.54. The number of allylic oxidation sites excluding steroid dienone is 4. The molecule has 2 unspecified atom stereocenters. The van der Waals surface area contributed by atoms with E-state index in [0.29, 0.717) is 24.8 Å². The van der Waals surface area contributed by atoms with Gasteiger partial charge in [0.15, 0.2) is 0 Å². The first-order chi connectivity index (χ1) is 15.9. The summed E-state index contributed by atoms with van der Waals surface area (Å²) in [7, 11) is 0. The van der Waals surface area contributed by atoms with E-state index in [-0.39, 0.29) is 19.1 Å². The predicted octanol–water partition coefficient (Wildman–Crippen LogP) is 6.31. The van der Waals surface area contributed by atoms with Crippen LogP contribution in [0, 0.1) is 23.7 Å². The zero-order valence-corrected chi connectivity index (χ0v) is 20.8. The molecule has 1 aliphatic rings. The summed E-state index contributed by atoms with van der Waals surface area (Å²) in [5, 5.41) is 18.5. The summed E-state index contributed by atoms with van der Waals surface area (Å²) < 4.78 is 0. The summed E-state index contributed by atoms with van der Waals surface area (Å²) in [6.07, 6.45) is 13.5. The van der Waals surface area contributed by atoms with E-state index in [4.69, 9.17) is 5.11 Å². The highest BCUT2D eigenvalue weighted by atomic mass is 16.3. The number of aliphatic hydroxyl groups excluding tert-OH is 2. The molecule has 2 rings (SSSR count). The molecule has 3 heteroatoms. The maximum atomic E-state index is 9.48. The maximum absolute atomic E-state index is 9.48. The van der Waals surface area contributed by atoms with Crippen molar-refractivity contribution < 1.29 is 10.2 Å². The van der Waals surface area contributed by atoms with Crippen LogP contribution in [0.4, 0.5) is 0 Å². The molecule has 2 N–H and O–H groups in total. The van der Waals surface area contributed by atoms with E-state index in [1.165, 1.54) is 16.7 Å². The molecule has 2 atom stereocenters. The van der Waals surface area contributed by atoms with Crippen molar-refractivity contribution in [3.63, 3.8) is 0 Å². The fourth-order valence-electron chi connectivity index (χ4n) is 4.18. The Morgan fingerprint density at radius 1 is 1.24 bits per heavy atom. The summed E-state index contributed by atoms with van der Waals surface area (Å²) in [4.78, 5) is 2.33. The van der Waals surface area contributed by atoms with E-state index >= 15 is 0 Å². The first kappa shape index (κ1) is 26.7. The van der Waals surface area contributed by atoms with Crippen LogP contribution in [0.15, 0.2) is 66.5 Å². The van der Waals surface area contributed by atoms with E-state index in [2.05, 4.69) is 99.7 Å². The van der Waals surface area contributed by atoms with Gasteiger partial charge in [-0.25, -0.2) is 0 Å². The predicted molar refractivity (Wildman–Crippen MR) is 140 cm³/mol. The van der Waals surface area contributed by atoms with Crippen LogP contribution in [0.1, 0.15) is 70.9 Å². The highest BCUT2D eigenvalue weighted by molar-refractivity contribution is 5.70. The lowest BCUT2D eigenvalue weighted by molar-refractivity contribution is 0.230. The summed E-state index contributed by atoms with van der Waals surface area (Å²) in [5.74, 6) is 6.63. The number of aliphatic hydroxyl groups is 2. The smallest absolute Gasteiger partial charge is 0.0582 e. The standard InChI is InChI=1S/C30H41NO2/c1-6-19-31(24(5)7-2)30-12-8-11-28(30)21-29(23(3)4)27-17-15-25(16-18-27)13-14-26(22-33)10-9-20-32/h6,11,15-19,21,23,26,30,32-33H,5,7-10,12,20,22H2,1-4H3/b19-6-,29-21+. The van der Waals surface area contributed by atoms with Gasteiger partial charge in [0, 0.05) is 30.0 Å². The number of rotatable bonds is 11. The molecular weight excluding hydrogens is 406 g/mol. The fraction of sp³-hybridized carbons (Fsp3) is 0.467. The van der Waals surface area contributed by atoms with Crippen molar-refractivity contribution in [2.45, 2.75) is 65.8 Å². The van der Waals surface area contributed by atoms with Gasteiger partial charge in [-0.15, -0.1) is 0 Å². The Bertz CT molecular complexity index is 909. The van der Waals surface area contributed by atoms with E-state index < -0.39 is 0 Å². The number of nitrogens with zero attached hydrogens (tertiary/aromatic N) is 1. The average molecular weight is 448 g/mol. The Labute approximate surface area is 201 Å². The second-order valence-corrected chi connectivity index (χ2v) is 8.95. The molecule has 0 heterocycles. The summed E-state index contributed by atoms with van der Waals surface area (Å²) in [6, 6.07) is 8.75. The molecular formula is C30H41NO2. The van der Waals surface area contributed by atoms with Crippen LogP contribution in [0.3, 0.4) is 0 Å². The van der Waals surface area contributed by atoms with Crippen LogP contribution < -0.4 is 0 Å². The molecule has 0 saturated carbocycles. The second-order valence-electron chi connectivity index (χ2n) is 8.95. The van der Waals surface area contributed by atoms with Gasteiger partial charge in [0.25, 0.3) is 0 Å². The van der Waals surface area contributed by atoms with E-state index in [1.54, 1.807) is 0 Å². The molecule has 0 aliphatic heterocycles. The minimum absolute atomic E-state index is 0.0241. The summed E-state index contributed by atoms with van der Waals surface area (Å²) in [6.45, 7) is 13.1. The maximum Gasteiger partial charge on any atom is 0.0582 e. The molecule has 0 fully saturated rings. The highest BCUT2D eigenvalue weighted by Gasteiger charge is 2.24. The third kappa shape index (κ3) is 7.77. The Morgan fingerprint density at radius 2 is 1.97 bits per heavy atom. The molecule has 0 radical (unpaired) electrons. The molecule has 0 saturated heterocycles. The van der Waals surface area contributed by atoms with Crippen molar-refractivity contribution >= 4 is 5.57 Å². The molecule has 3 nitrogen and oxygen atoms in total. The van der Waals surface area contributed by atoms with Gasteiger partial charge in [-0.2, -0.15) is 0 Å². The van der Waals surface area contributed by atoms with Crippen molar-refractivity contribution in [1.29, 1.82) is 0 Å². The van der Waals surface area contributed by atoms with Gasteiger partial charge in [-0.05, 0) is 73.8 Å². The molecule has 33 heavy (non-hydrogen) atoms. The molecule has 0 spiro atoms. The van der Waals surface area contributed by atoms with Gasteiger partial charge in [0.05, 0.1) is 12.6 Å². The number of hydrogen-bond acceptors (Lipinski definition) is 3. The third-order valence-electron chi connectivity index (χ3n) is 6.14. The van der Waals surface area contributed by atoms with Crippen LogP contribution in [0.25, 0.3) is 5.57 Å². The van der Waals surface area contributed by atoms with Crippen LogP contribution in [-0.2, 0) is 0 Å². The van der Waals surface area contributed by atoms with Gasteiger partial charge in [0.2, 0.25) is 0 Å². The van der Waals surface area contributed by atoms with Gasteiger partial charge in [0.1, 0.15) is 0 Å². The molecule has 1 aromatic carbocycles.